The van der Waals surface area contributed by atoms with Crippen molar-refractivity contribution in [1.82, 2.24) is 0 Å². The first kappa shape index (κ1) is 6.49. The van der Waals surface area contributed by atoms with Crippen molar-refractivity contribution in [2.24, 2.45) is 5.73 Å². The van der Waals surface area contributed by atoms with Gasteiger partial charge < -0.3 is 5.73 Å². The highest BCUT2D eigenvalue weighted by molar-refractivity contribution is 8.02. The van der Waals surface area contributed by atoms with E-state index in [-0.39, 0.29) is 0 Å². The van der Waals surface area contributed by atoms with E-state index < -0.39 is 0 Å². The van der Waals surface area contributed by atoms with Crippen LogP contribution in [0.15, 0.2) is 0 Å². The van der Waals surface area contributed by atoms with Crippen molar-refractivity contribution >= 4 is 19.0 Å². The number of rotatable bonds is 3. The summed E-state index contributed by atoms with van der Waals surface area (Å²) in [6, 6.07) is 0.369. The van der Waals surface area contributed by atoms with Crippen LogP contribution in [-0.2, 0) is 0 Å². The minimum atomic E-state index is 0.369. The van der Waals surface area contributed by atoms with Gasteiger partial charge in [0, 0.05) is 11.8 Å². The summed E-state index contributed by atoms with van der Waals surface area (Å²) in [4.78, 5) is 0. The molecule has 1 fully saturated rings. The van der Waals surface area contributed by atoms with Gasteiger partial charge in [-0.1, -0.05) is 6.32 Å². The van der Waals surface area contributed by atoms with E-state index in [4.69, 9.17) is 5.73 Å². The van der Waals surface area contributed by atoms with Crippen LogP contribution in [0, 0.1) is 0 Å². The van der Waals surface area contributed by atoms with Gasteiger partial charge >= 0.3 is 0 Å². The standard InChI is InChI=1S/C5H11BNS/c1-4(7)3-8-5-2-6-5/h4-5H,2-3,7H2,1H3/t4-,5?/m1/s1. The predicted octanol–water partition coefficient (Wildman–Crippen LogP) is 0.529. The molecule has 0 aromatic heterocycles. The molecule has 1 rings (SSSR count). The van der Waals surface area contributed by atoms with E-state index >= 15 is 0 Å². The van der Waals surface area contributed by atoms with Gasteiger partial charge in [-0.25, -0.2) is 0 Å². The van der Waals surface area contributed by atoms with Crippen molar-refractivity contribution in [3.05, 3.63) is 0 Å². The van der Waals surface area contributed by atoms with E-state index in [9.17, 15) is 0 Å². The highest BCUT2D eigenvalue weighted by atomic mass is 32.2. The Hall–Kier alpha value is 0.375. The van der Waals surface area contributed by atoms with E-state index in [1.54, 1.807) is 0 Å². The van der Waals surface area contributed by atoms with Crippen molar-refractivity contribution in [3.8, 4) is 0 Å². The molecular weight excluding hydrogens is 117 g/mol. The largest absolute Gasteiger partial charge is 0.327 e. The number of hydrogen-bond acceptors (Lipinski definition) is 2. The summed E-state index contributed by atoms with van der Waals surface area (Å²) in [5, 5.41) is 0.848. The summed E-state index contributed by atoms with van der Waals surface area (Å²) >= 11 is 1.97. The molecule has 1 aliphatic heterocycles. The van der Waals surface area contributed by atoms with Crippen LogP contribution in [0.3, 0.4) is 0 Å². The van der Waals surface area contributed by atoms with Crippen LogP contribution in [0.4, 0.5) is 0 Å². The molecule has 1 radical (unpaired) electrons. The second kappa shape index (κ2) is 2.78. The van der Waals surface area contributed by atoms with Crippen LogP contribution in [-0.4, -0.2) is 24.2 Å². The van der Waals surface area contributed by atoms with Gasteiger partial charge in [0.15, 0.2) is 0 Å². The molecule has 0 amide bonds. The zero-order valence-electron chi connectivity index (χ0n) is 5.13. The molecule has 45 valence electrons. The van der Waals surface area contributed by atoms with Gasteiger partial charge in [-0.2, -0.15) is 11.8 Å². The van der Waals surface area contributed by atoms with Crippen molar-refractivity contribution in [2.75, 3.05) is 5.75 Å². The fourth-order valence-electron chi connectivity index (χ4n) is 0.467. The lowest BCUT2D eigenvalue weighted by atomic mass is 10.1. The van der Waals surface area contributed by atoms with Crippen LogP contribution in [0.25, 0.3) is 0 Å². The monoisotopic (exact) mass is 128 g/mol. The van der Waals surface area contributed by atoms with E-state index in [0.29, 0.717) is 6.04 Å². The molecule has 0 aliphatic carbocycles. The van der Waals surface area contributed by atoms with Gasteiger partial charge in [-0.05, 0) is 12.1 Å². The average molecular weight is 128 g/mol. The molecule has 1 saturated heterocycles. The maximum atomic E-state index is 5.53. The lowest BCUT2D eigenvalue weighted by Gasteiger charge is -2.01. The Balaban J connectivity index is 1.87. The molecule has 2 atom stereocenters. The fourth-order valence-corrected chi connectivity index (χ4v) is 1.40. The number of nitrogens with two attached hydrogens (primary N) is 1. The molecule has 1 nitrogen and oxygen atoms in total. The first-order valence-corrected chi connectivity index (χ1v) is 4.04. The van der Waals surface area contributed by atoms with Crippen LogP contribution in [0.1, 0.15) is 6.92 Å². The SMILES string of the molecule is C[C@@H](N)CSC1[B]C1. The maximum Gasteiger partial charge on any atom is 0.126 e. The van der Waals surface area contributed by atoms with Gasteiger partial charge in [-0.15, -0.1) is 0 Å². The Kier molecular flexibility index (Phi) is 2.26. The van der Waals surface area contributed by atoms with Crippen molar-refractivity contribution in [1.29, 1.82) is 0 Å². The molecule has 0 saturated carbocycles. The fraction of sp³-hybridized carbons (Fsp3) is 1.00. The van der Waals surface area contributed by atoms with Gasteiger partial charge in [-0.3, -0.25) is 0 Å². The molecule has 1 unspecified atom stereocenters. The molecule has 3 heteroatoms. The smallest absolute Gasteiger partial charge is 0.126 e. The highest BCUT2D eigenvalue weighted by Gasteiger charge is 2.23. The minimum absolute atomic E-state index is 0.369. The molecule has 1 heterocycles. The number of hydrogen-bond donors (Lipinski definition) is 1. The van der Waals surface area contributed by atoms with E-state index in [1.165, 1.54) is 6.32 Å². The van der Waals surface area contributed by atoms with Crippen molar-refractivity contribution in [2.45, 2.75) is 24.4 Å². The topological polar surface area (TPSA) is 26.0 Å². The van der Waals surface area contributed by atoms with Crippen LogP contribution in [0.2, 0.25) is 6.32 Å². The summed E-state index contributed by atoms with van der Waals surface area (Å²) in [7, 11) is 2.31. The van der Waals surface area contributed by atoms with Crippen LogP contribution >= 0.6 is 11.8 Å². The maximum absolute atomic E-state index is 5.53. The lowest BCUT2D eigenvalue weighted by Crippen LogP contribution is -2.17. The van der Waals surface area contributed by atoms with E-state index in [2.05, 4.69) is 14.2 Å². The molecule has 0 aromatic carbocycles. The first-order valence-electron chi connectivity index (χ1n) is 2.99. The molecule has 0 spiro atoms. The summed E-state index contributed by atoms with van der Waals surface area (Å²) in [6.45, 7) is 2.05. The molecular formula is C5H11BNS. The second-order valence-electron chi connectivity index (χ2n) is 2.32. The third-order valence-electron chi connectivity index (χ3n) is 1.00. The van der Waals surface area contributed by atoms with Gasteiger partial charge in [0.2, 0.25) is 0 Å². The summed E-state index contributed by atoms with van der Waals surface area (Å²) in [6.07, 6.45) is 1.30. The van der Waals surface area contributed by atoms with Crippen LogP contribution < -0.4 is 5.73 Å². The Morgan fingerprint density at radius 3 is 3.00 bits per heavy atom. The quantitative estimate of drug-likeness (QED) is 0.561. The Morgan fingerprint density at radius 2 is 2.62 bits per heavy atom. The molecule has 0 aromatic rings. The van der Waals surface area contributed by atoms with E-state index in [1.807, 2.05) is 11.8 Å². The predicted molar refractivity (Wildman–Crippen MR) is 40.5 cm³/mol. The van der Waals surface area contributed by atoms with Gasteiger partial charge in [0.25, 0.3) is 0 Å². The summed E-state index contributed by atoms with van der Waals surface area (Å²) < 4.78 is 0. The van der Waals surface area contributed by atoms with Gasteiger partial charge in [0.1, 0.15) is 7.28 Å². The average Bonchev–Trinajstić information content (AvgIpc) is 2.41. The summed E-state index contributed by atoms with van der Waals surface area (Å²) in [5.41, 5.74) is 5.53. The number of thioether (sulfide) groups is 1. The Bertz CT molecular complexity index is 70.8. The lowest BCUT2D eigenvalue weighted by molar-refractivity contribution is 0.847. The van der Waals surface area contributed by atoms with Crippen molar-refractivity contribution in [3.63, 3.8) is 0 Å². The Labute approximate surface area is 55.6 Å². The molecule has 2 N–H and O–H groups in total. The van der Waals surface area contributed by atoms with Crippen molar-refractivity contribution < 1.29 is 0 Å². The normalized spacial score (nSPS) is 29.0. The molecule has 1 aliphatic rings. The zero-order chi connectivity index (χ0) is 5.98. The summed E-state index contributed by atoms with van der Waals surface area (Å²) in [5.74, 6) is 1.11. The molecule has 8 heavy (non-hydrogen) atoms. The molecule has 0 bridgehead atoms. The Morgan fingerprint density at radius 1 is 2.00 bits per heavy atom. The third kappa shape index (κ3) is 2.63. The highest BCUT2D eigenvalue weighted by Crippen LogP contribution is 2.26. The van der Waals surface area contributed by atoms with Gasteiger partial charge in [0.05, 0.1) is 0 Å². The zero-order valence-corrected chi connectivity index (χ0v) is 5.95. The van der Waals surface area contributed by atoms with E-state index in [0.717, 1.165) is 10.9 Å². The third-order valence-corrected chi connectivity index (χ3v) is 2.53. The second-order valence-corrected chi connectivity index (χ2v) is 3.59. The first-order chi connectivity index (χ1) is 3.79. The minimum Gasteiger partial charge on any atom is -0.327 e. The van der Waals surface area contributed by atoms with Crippen LogP contribution in [0.5, 0.6) is 0 Å².